The molecule has 0 fully saturated rings. The summed E-state index contributed by atoms with van der Waals surface area (Å²) in [6.45, 7) is 4.08. The van der Waals surface area contributed by atoms with E-state index in [0.717, 1.165) is 0 Å². The van der Waals surface area contributed by atoms with Gasteiger partial charge in [-0.2, -0.15) is 4.98 Å². The Morgan fingerprint density at radius 3 is 3.12 bits per heavy atom. The number of aryl methyl sites for hydroxylation is 1. The molecule has 0 radical (unpaired) electrons. The van der Waals surface area contributed by atoms with E-state index < -0.39 is 0 Å². The van der Waals surface area contributed by atoms with E-state index in [-0.39, 0.29) is 17.9 Å². The minimum absolute atomic E-state index is 0.212. The second-order valence-electron chi connectivity index (χ2n) is 3.12. The predicted octanol–water partition coefficient (Wildman–Crippen LogP) is 1.22. The van der Waals surface area contributed by atoms with Crippen molar-refractivity contribution >= 4 is 23.2 Å². The number of rotatable bonds is 4. The Morgan fingerprint density at radius 1 is 1.65 bits per heavy atom. The molecule has 0 unspecified atom stereocenters. The first-order valence-corrected chi connectivity index (χ1v) is 5.85. The zero-order chi connectivity index (χ0) is 12.3. The summed E-state index contributed by atoms with van der Waals surface area (Å²) in [7, 11) is 0. The van der Waals surface area contributed by atoms with Crippen molar-refractivity contribution in [1.82, 2.24) is 20.2 Å². The fourth-order valence-corrected chi connectivity index (χ4v) is 1.88. The molecule has 2 heterocycles. The van der Waals surface area contributed by atoms with E-state index >= 15 is 0 Å². The average Bonchev–Trinajstić information content (AvgIpc) is 2.88. The third-order valence-corrected chi connectivity index (χ3v) is 2.85. The molecule has 7 nitrogen and oxygen atoms in total. The fourth-order valence-electron chi connectivity index (χ4n) is 1.18. The number of amides is 1. The summed E-state index contributed by atoms with van der Waals surface area (Å²) in [4.78, 5) is 20.3. The zero-order valence-electron chi connectivity index (χ0n) is 9.35. The van der Waals surface area contributed by atoms with E-state index in [4.69, 9.17) is 4.74 Å². The van der Waals surface area contributed by atoms with Crippen molar-refractivity contribution in [2.45, 2.75) is 13.8 Å². The molecule has 8 heteroatoms. The average molecular weight is 253 g/mol. The highest BCUT2D eigenvalue weighted by molar-refractivity contribution is 7.12. The largest absolute Gasteiger partial charge is 0.463 e. The van der Waals surface area contributed by atoms with Crippen LogP contribution in [0.25, 0.3) is 0 Å². The number of H-pyrrole nitrogens is 1. The molecular weight excluding hydrogens is 242 g/mol. The van der Waals surface area contributed by atoms with Crippen LogP contribution in [0.5, 0.6) is 6.01 Å². The lowest BCUT2D eigenvalue weighted by Gasteiger charge is -1.98. The van der Waals surface area contributed by atoms with Gasteiger partial charge in [-0.25, -0.2) is 10.1 Å². The van der Waals surface area contributed by atoms with Crippen LogP contribution in [0.15, 0.2) is 5.51 Å². The Morgan fingerprint density at radius 2 is 2.47 bits per heavy atom. The van der Waals surface area contributed by atoms with E-state index in [2.05, 4.69) is 25.5 Å². The van der Waals surface area contributed by atoms with Gasteiger partial charge in [-0.05, 0) is 13.8 Å². The first kappa shape index (κ1) is 11.5. The molecule has 2 N–H and O–H groups in total. The van der Waals surface area contributed by atoms with Crippen molar-refractivity contribution in [2.24, 2.45) is 0 Å². The number of hydrogen-bond acceptors (Lipinski definition) is 6. The van der Waals surface area contributed by atoms with Gasteiger partial charge in [0.1, 0.15) is 4.88 Å². The van der Waals surface area contributed by atoms with E-state index in [1.54, 1.807) is 12.4 Å². The summed E-state index contributed by atoms with van der Waals surface area (Å²) in [6, 6.07) is 0.212. The van der Waals surface area contributed by atoms with E-state index in [0.29, 0.717) is 17.2 Å². The quantitative estimate of drug-likeness (QED) is 0.854. The van der Waals surface area contributed by atoms with Gasteiger partial charge in [0.2, 0.25) is 5.95 Å². The molecule has 0 saturated carbocycles. The second-order valence-corrected chi connectivity index (χ2v) is 3.98. The monoisotopic (exact) mass is 253 g/mol. The second kappa shape index (κ2) is 4.91. The molecule has 2 rings (SSSR count). The zero-order valence-corrected chi connectivity index (χ0v) is 10.2. The SMILES string of the molecule is CCOc1n[nH]c(NC(=O)c2scnc2C)n1. The topological polar surface area (TPSA) is 92.8 Å². The Labute approximate surface area is 101 Å². The number of ether oxygens (including phenoxy) is 1. The number of hydrogen-bond donors (Lipinski definition) is 2. The summed E-state index contributed by atoms with van der Waals surface area (Å²) in [5.41, 5.74) is 2.31. The molecule has 0 aromatic carbocycles. The highest BCUT2D eigenvalue weighted by atomic mass is 32.1. The van der Waals surface area contributed by atoms with Crippen LogP contribution in [0.1, 0.15) is 22.3 Å². The molecule has 17 heavy (non-hydrogen) atoms. The number of nitrogens with one attached hydrogen (secondary N) is 2. The molecule has 0 aliphatic rings. The van der Waals surface area contributed by atoms with Crippen molar-refractivity contribution in [3.8, 4) is 6.01 Å². The summed E-state index contributed by atoms with van der Waals surface area (Å²) < 4.78 is 5.07. The van der Waals surface area contributed by atoms with E-state index in [1.165, 1.54) is 11.3 Å². The Kier molecular flexibility index (Phi) is 3.33. The van der Waals surface area contributed by atoms with Crippen LogP contribution in [0.3, 0.4) is 0 Å². The lowest BCUT2D eigenvalue weighted by Crippen LogP contribution is -2.12. The predicted molar refractivity (Wildman–Crippen MR) is 62.4 cm³/mol. The number of nitrogens with zero attached hydrogens (tertiary/aromatic N) is 3. The maximum Gasteiger partial charge on any atom is 0.337 e. The Hall–Kier alpha value is -1.96. The number of aromatic nitrogens is 4. The van der Waals surface area contributed by atoms with Gasteiger partial charge in [0.25, 0.3) is 5.91 Å². The molecule has 0 spiro atoms. The highest BCUT2D eigenvalue weighted by Crippen LogP contribution is 2.14. The van der Waals surface area contributed by atoms with Gasteiger partial charge in [0.05, 0.1) is 17.8 Å². The van der Waals surface area contributed by atoms with Crippen molar-refractivity contribution in [3.63, 3.8) is 0 Å². The highest BCUT2D eigenvalue weighted by Gasteiger charge is 2.14. The normalized spacial score (nSPS) is 10.2. The Bertz CT molecular complexity index is 521. The molecule has 0 saturated heterocycles. The third kappa shape index (κ3) is 2.59. The van der Waals surface area contributed by atoms with Gasteiger partial charge in [0, 0.05) is 0 Å². The number of anilines is 1. The number of carbonyl (C=O) groups excluding carboxylic acids is 1. The minimum Gasteiger partial charge on any atom is -0.463 e. The molecule has 0 bridgehead atoms. The summed E-state index contributed by atoms with van der Waals surface area (Å²) in [5.74, 6) is -0.00421. The molecule has 0 atom stereocenters. The molecule has 90 valence electrons. The maximum atomic E-state index is 11.8. The van der Waals surface area contributed by atoms with Crippen LogP contribution in [0.2, 0.25) is 0 Å². The van der Waals surface area contributed by atoms with E-state index in [9.17, 15) is 4.79 Å². The third-order valence-electron chi connectivity index (χ3n) is 1.92. The molecule has 2 aromatic rings. The van der Waals surface area contributed by atoms with Crippen LogP contribution in [-0.4, -0.2) is 32.7 Å². The van der Waals surface area contributed by atoms with Gasteiger partial charge in [-0.15, -0.1) is 16.4 Å². The first-order chi connectivity index (χ1) is 8.20. The van der Waals surface area contributed by atoms with Crippen molar-refractivity contribution in [2.75, 3.05) is 11.9 Å². The van der Waals surface area contributed by atoms with Gasteiger partial charge in [-0.3, -0.25) is 10.1 Å². The lowest BCUT2D eigenvalue weighted by atomic mass is 10.4. The van der Waals surface area contributed by atoms with Crippen LogP contribution in [0.4, 0.5) is 5.95 Å². The van der Waals surface area contributed by atoms with Gasteiger partial charge in [0.15, 0.2) is 0 Å². The van der Waals surface area contributed by atoms with Crippen LogP contribution in [-0.2, 0) is 0 Å². The number of thiazole rings is 1. The molecule has 0 aliphatic heterocycles. The number of carbonyl (C=O) groups is 1. The van der Waals surface area contributed by atoms with E-state index in [1.807, 2.05) is 6.92 Å². The smallest absolute Gasteiger partial charge is 0.337 e. The minimum atomic E-state index is -0.260. The number of aromatic amines is 1. The van der Waals surface area contributed by atoms with Gasteiger partial charge < -0.3 is 4.74 Å². The molecule has 1 amide bonds. The van der Waals surface area contributed by atoms with Crippen molar-refractivity contribution in [3.05, 3.63) is 16.1 Å². The Balaban J connectivity index is 2.05. The lowest BCUT2D eigenvalue weighted by molar-refractivity contribution is 0.102. The van der Waals surface area contributed by atoms with Crippen LogP contribution < -0.4 is 10.1 Å². The molecular formula is C9H11N5O2S. The molecule has 2 aromatic heterocycles. The van der Waals surface area contributed by atoms with Crippen LogP contribution >= 0.6 is 11.3 Å². The standard InChI is InChI=1S/C9H11N5O2S/c1-3-16-9-12-8(13-14-9)11-7(15)6-5(2)10-4-17-6/h4H,3H2,1-2H3,(H2,11,12,13,14,15). The van der Waals surface area contributed by atoms with Crippen molar-refractivity contribution in [1.29, 1.82) is 0 Å². The van der Waals surface area contributed by atoms with Crippen LogP contribution in [0, 0.1) is 6.92 Å². The summed E-state index contributed by atoms with van der Waals surface area (Å²) in [5, 5.41) is 8.93. The fraction of sp³-hybridized carbons (Fsp3) is 0.333. The van der Waals surface area contributed by atoms with Crippen molar-refractivity contribution < 1.29 is 9.53 Å². The van der Waals surface area contributed by atoms with Gasteiger partial charge in [-0.1, -0.05) is 0 Å². The summed E-state index contributed by atoms with van der Waals surface area (Å²) in [6.07, 6.45) is 0. The van der Waals surface area contributed by atoms with Gasteiger partial charge >= 0.3 is 6.01 Å². The molecule has 0 aliphatic carbocycles. The first-order valence-electron chi connectivity index (χ1n) is 4.97. The summed E-state index contributed by atoms with van der Waals surface area (Å²) >= 11 is 1.28. The maximum absolute atomic E-state index is 11.8.